The third-order valence-corrected chi connectivity index (χ3v) is 7.70. The zero-order valence-electron chi connectivity index (χ0n) is 24.4. The summed E-state index contributed by atoms with van der Waals surface area (Å²) in [5.74, 6) is -0.773. The number of halogens is 2. The Morgan fingerprint density at radius 2 is 1.70 bits per heavy atom. The summed E-state index contributed by atoms with van der Waals surface area (Å²) in [6, 6.07) is 11.0. The lowest BCUT2D eigenvalue weighted by molar-refractivity contribution is 0.0240. The molecule has 2 fully saturated rings. The highest BCUT2D eigenvalue weighted by atomic mass is 35.5. The number of nitrogens with zero attached hydrogens (tertiary/aromatic N) is 6. The molecule has 0 aliphatic carbocycles. The van der Waals surface area contributed by atoms with Crippen molar-refractivity contribution in [3.8, 4) is 34.1 Å². The van der Waals surface area contributed by atoms with Crippen molar-refractivity contribution in [2.24, 2.45) is 0 Å². The number of anilines is 2. The van der Waals surface area contributed by atoms with Crippen molar-refractivity contribution >= 4 is 35.1 Å². The monoisotopic (exact) mass is 606 g/mol. The number of rotatable bonds is 4. The van der Waals surface area contributed by atoms with E-state index in [9.17, 15) is 20.0 Å². The Bertz CT molecular complexity index is 1630. The number of aromatic nitrogens is 1. The SMILES string of the molecule is CN1CCN(c2ccc(-c3cc(F)cc(-c4cnc(C#N)c(N5CCN(C(=O)OC(C)(C)C)CC5)c4)c3O)cc2Cl)C1=O. The topological polar surface area (TPSA) is 113 Å². The Balaban J connectivity index is 1.43. The number of ether oxygens (including phenoxy) is 1. The number of nitriles is 1. The van der Waals surface area contributed by atoms with Gasteiger partial charge >= 0.3 is 12.1 Å². The highest BCUT2D eigenvalue weighted by Gasteiger charge is 2.29. The number of amides is 3. The number of phenols is 1. The van der Waals surface area contributed by atoms with E-state index in [1.165, 1.54) is 18.3 Å². The Morgan fingerprint density at radius 1 is 1.02 bits per heavy atom. The summed E-state index contributed by atoms with van der Waals surface area (Å²) in [4.78, 5) is 36.0. The van der Waals surface area contributed by atoms with Gasteiger partial charge < -0.3 is 24.5 Å². The van der Waals surface area contributed by atoms with Gasteiger partial charge in [0.05, 0.1) is 16.4 Å². The van der Waals surface area contributed by atoms with E-state index >= 15 is 4.39 Å². The first-order valence-electron chi connectivity index (χ1n) is 13.8. The largest absolute Gasteiger partial charge is 0.507 e. The number of benzene rings is 2. The number of pyridine rings is 1. The Hall–Kier alpha value is -4.56. The predicted molar refractivity (Wildman–Crippen MR) is 162 cm³/mol. The molecule has 1 N–H and O–H groups in total. The maximum Gasteiger partial charge on any atom is 0.410 e. The molecule has 12 heteroatoms. The van der Waals surface area contributed by atoms with Crippen LogP contribution >= 0.6 is 11.6 Å². The molecule has 3 amide bonds. The zero-order chi connectivity index (χ0) is 31.1. The molecule has 0 unspecified atom stereocenters. The molecule has 0 atom stereocenters. The molecule has 0 radical (unpaired) electrons. The molecule has 2 aromatic carbocycles. The highest BCUT2D eigenvalue weighted by Crippen LogP contribution is 2.42. The molecule has 3 aromatic rings. The standard InChI is InChI=1S/C31H32ClFN6O4/c1-31(2,3)43-30(42)38-10-8-37(9-11-38)27-14-20(18-35-25(27)17-34)23-16-21(33)15-22(28(23)40)19-5-6-26(24(32)13-19)39-12-7-36(4)29(39)41/h5-6,13-16,18,40H,7-12H2,1-4H3. The first-order valence-corrected chi connectivity index (χ1v) is 14.2. The average molecular weight is 607 g/mol. The lowest BCUT2D eigenvalue weighted by Crippen LogP contribution is -2.50. The van der Waals surface area contributed by atoms with E-state index in [1.54, 1.807) is 46.0 Å². The van der Waals surface area contributed by atoms with E-state index < -0.39 is 17.5 Å². The van der Waals surface area contributed by atoms with Gasteiger partial charge in [-0.3, -0.25) is 4.90 Å². The number of urea groups is 1. The van der Waals surface area contributed by atoms with Gasteiger partial charge in [0.25, 0.3) is 0 Å². The normalized spacial score (nSPS) is 15.6. The summed E-state index contributed by atoms with van der Waals surface area (Å²) in [5.41, 5.74) is 1.90. The minimum absolute atomic E-state index is 0.166. The summed E-state index contributed by atoms with van der Waals surface area (Å²) in [6.07, 6.45) is 1.02. The van der Waals surface area contributed by atoms with Crippen LogP contribution in [0.2, 0.25) is 5.02 Å². The molecule has 2 aliphatic heterocycles. The van der Waals surface area contributed by atoms with Crippen LogP contribution in [0.4, 0.5) is 25.4 Å². The van der Waals surface area contributed by atoms with Gasteiger partial charge in [-0.1, -0.05) is 17.7 Å². The Morgan fingerprint density at radius 3 is 2.28 bits per heavy atom. The van der Waals surface area contributed by atoms with E-state index in [-0.39, 0.29) is 28.6 Å². The number of aromatic hydroxyl groups is 1. The number of piperazine rings is 1. The molecule has 43 heavy (non-hydrogen) atoms. The minimum Gasteiger partial charge on any atom is -0.507 e. The summed E-state index contributed by atoms with van der Waals surface area (Å²) in [6.45, 7) is 8.13. The minimum atomic E-state index is -0.608. The highest BCUT2D eigenvalue weighted by molar-refractivity contribution is 6.34. The molecule has 0 saturated carbocycles. The molecule has 2 saturated heterocycles. The molecular weight excluding hydrogens is 575 g/mol. The van der Waals surface area contributed by atoms with Crippen LogP contribution in [0.1, 0.15) is 26.5 Å². The van der Waals surface area contributed by atoms with Crippen LogP contribution in [-0.4, -0.2) is 83.9 Å². The van der Waals surface area contributed by atoms with Crippen LogP contribution in [0.5, 0.6) is 5.75 Å². The second kappa shape index (κ2) is 11.6. The van der Waals surface area contributed by atoms with Crippen LogP contribution in [0, 0.1) is 17.1 Å². The number of likely N-dealkylation sites (N-methyl/N-ethyl adjacent to an activating group) is 1. The maximum absolute atomic E-state index is 15.0. The molecule has 224 valence electrons. The number of phenolic OH excluding ortho intramolecular Hbond substituents is 1. The van der Waals surface area contributed by atoms with Gasteiger partial charge in [0.15, 0.2) is 5.69 Å². The van der Waals surface area contributed by atoms with Gasteiger partial charge in [-0.2, -0.15) is 5.26 Å². The number of hydrogen-bond donors (Lipinski definition) is 1. The zero-order valence-corrected chi connectivity index (χ0v) is 25.2. The molecule has 10 nitrogen and oxygen atoms in total. The van der Waals surface area contributed by atoms with Crippen molar-refractivity contribution in [3.05, 3.63) is 59.1 Å². The molecule has 5 rings (SSSR count). The quantitative estimate of drug-likeness (QED) is 0.404. The van der Waals surface area contributed by atoms with Crippen molar-refractivity contribution in [2.45, 2.75) is 26.4 Å². The number of carbonyl (C=O) groups is 2. The van der Waals surface area contributed by atoms with Crippen LogP contribution in [0.3, 0.4) is 0 Å². The van der Waals surface area contributed by atoms with Gasteiger partial charge in [0.2, 0.25) is 0 Å². The van der Waals surface area contributed by atoms with Gasteiger partial charge in [-0.15, -0.1) is 0 Å². The fourth-order valence-corrected chi connectivity index (χ4v) is 5.47. The van der Waals surface area contributed by atoms with E-state index in [2.05, 4.69) is 11.1 Å². The van der Waals surface area contributed by atoms with Crippen LogP contribution < -0.4 is 9.80 Å². The van der Waals surface area contributed by atoms with Crippen LogP contribution in [-0.2, 0) is 4.74 Å². The third kappa shape index (κ3) is 6.15. The second-order valence-electron chi connectivity index (χ2n) is 11.5. The van der Waals surface area contributed by atoms with Crippen LogP contribution in [0.25, 0.3) is 22.3 Å². The molecule has 0 bridgehead atoms. The van der Waals surface area contributed by atoms with Gasteiger partial charge in [-0.25, -0.2) is 19.0 Å². The maximum atomic E-state index is 15.0. The van der Waals surface area contributed by atoms with Crippen molar-refractivity contribution in [2.75, 3.05) is 56.1 Å². The van der Waals surface area contributed by atoms with Crippen molar-refractivity contribution in [1.82, 2.24) is 14.8 Å². The Kier molecular flexibility index (Phi) is 8.08. The number of hydrogen-bond acceptors (Lipinski definition) is 7. The van der Waals surface area contributed by atoms with Crippen molar-refractivity contribution in [3.63, 3.8) is 0 Å². The Labute approximate surface area is 254 Å². The molecule has 3 heterocycles. The van der Waals surface area contributed by atoms with E-state index in [4.69, 9.17) is 16.3 Å². The first-order chi connectivity index (χ1) is 20.4. The fourth-order valence-electron chi connectivity index (χ4n) is 5.19. The average Bonchev–Trinajstić information content (AvgIpc) is 3.30. The predicted octanol–water partition coefficient (Wildman–Crippen LogP) is 5.71. The second-order valence-corrected chi connectivity index (χ2v) is 11.9. The summed E-state index contributed by atoms with van der Waals surface area (Å²) >= 11 is 6.56. The van der Waals surface area contributed by atoms with Gasteiger partial charge in [0.1, 0.15) is 23.2 Å². The van der Waals surface area contributed by atoms with E-state index in [1.807, 2.05) is 25.7 Å². The first kappa shape index (κ1) is 29.9. The molecule has 1 aromatic heterocycles. The van der Waals surface area contributed by atoms with Gasteiger partial charge in [0, 0.05) is 69.2 Å². The smallest absolute Gasteiger partial charge is 0.410 e. The van der Waals surface area contributed by atoms with E-state index in [0.717, 1.165) is 0 Å². The van der Waals surface area contributed by atoms with Crippen LogP contribution in [0.15, 0.2) is 42.6 Å². The lowest BCUT2D eigenvalue weighted by Gasteiger charge is -2.37. The summed E-state index contributed by atoms with van der Waals surface area (Å²) in [7, 11) is 1.71. The van der Waals surface area contributed by atoms with E-state index in [0.29, 0.717) is 66.8 Å². The molecule has 2 aliphatic rings. The number of carbonyl (C=O) groups excluding carboxylic acids is 2. The third-order valence-electron chi connectivity index (χ3n) is 7.40. The molecule has 0 spiro atoms. The fraction of sp³-hybridized carbons (Fsp3) is 0.355. The van der Waals surface area contributed by atoms with Crippen molar-refractivity contribution in [1.29, 1.82) is 5.26 Å². The summed E-state index contributed by atoms with van der Waals surface area (Å²) < 4.78 is 20.5. The van der Waals surface area contributed by atoms with Gasteiger partial charge in [-0.05, 0) is 56.7 Å². The lowest BCUT2D eigenvalue weighted by atomic mass is 9.97. The molecular formula is C31H32ClFN6O4. The summed E-state index contributed by atoms with van der Waals surface area (Å²) in [5, 5.41) is 21.4. The van der Waals surface area contributed by atoms with Crippen molar-refractivity contribution < 1.29 is 23.8 Å².